The highest BCUT2D eigenvalue weighted by molar-refractivity contribution is 5.79. The van der Waals surface area contributed by atoms with E-state index in [1.807, 2.05) is 6.92 Å². The minimum Gasteiger partial charge on any atom is -0.504 e. The first-order valence-electron chi connectivity index (χ1n) is 8.69. The molecule has 1 aromatic heterocycles. The molecule has 0 aliphatic heterocycles. The average molecular weight is 414 g/mol. The van der Waals surface area contributed by atoms with Gasteiger partial charge in [0.1, 0.15) is 6.29 Å². The molecule has 2 rings (SSSR count). The molecule has 1 aromatic carbocycles. The molecular weight excluding hydrogens is 393 g/mol. The maximum absolute atomic E-state index is 12.7. The van der Waals surface area contributed by atoms with Crippen molar-refractivity contribution >= 4 is 12.0 Å². The predicted octanol–water partition coefficient (Wildman–Crippen LogP) is 4.96. The molecule has 2 N–H and O–H groups in total. The van der Waals surface area contributed by atoms with Gasteiger partial charge in [-0.2, -0.15) is 13.2 Å². The fraction of sp³-hybridized carbons (Fsp3) is 0.368. The van der Waals surface area contributed by atoms with Crippen molar-refractivity contribution in [1.29, 1.82) is 0 Å². The molecule has 158 valence electrons. The summed E-state index contributed by atoms with van der Waals surface area (Å²) in [4.78, 5) is 23.5. The highest BCUT2D eigenvalue weighted by Crippen LogP contribution is 2.35. The molecule has 0 amide bonds. The molecule has 0 aliphatic rings. The van der Waals surface area contributed by atoms with Gasteiger partial charge in [0, 0.05) is 23.5 Å². The SMILES string of the molecule is CCCCCc1cnc(C)cc1C(F)(F)F.O=Cc1cc(O)c(O)c([N+](=O)[O-])c1. The summed E-state index contributed by atoms with van der Waals surface area (Å²) in [5.41, 5.74) is -0.571. The van der Waals surface area contributed by atoms with E-state index >= 15 is 0 Å². The number of nitro benzene ring substituents is 1. The molecule has 0 saturated heterocycles. The number of aromatic nitrogens is 1. The van der Waals surface area contributed by atoms with Crippen LogP contribution in [0.2, 0.25) is 0 Å². The number of carbonyl (C=O) groups is 1. The van der Waals surface area contributed by atoms with Crippen molar-refractivity contribution in [3.05, 3.63) is 56.9 Å². The van der Waals surface area contributed by atoms with Gasteiger partial charge >= 0.3 is 11.9 Å². The number of hydrogen-bond donors (Lipinski definition) is 2. The zero-order chi connectivity index (χ0) is 22.2. The first kappa shape index (κ1) is 23.9. The van der Waals surface area contributed by atoms with E-state index in [-0.39, 0.29) is 5.56 Å². The lowest BCUT2D eigenvalue weighted by Gasteiger charge is -2.12. The minimum atomic E-state index is -4.27. The van der Waals surface area contributed by atoms with Crippen LogP contribution < -0.4 is 0 Å². The van der Waals surface area contributed by atoms with Crippen molar-refractivity contribution in [3.63, 3.8) is 0 Å². The Morgan fingerprint density at radius 2 is 1.86 bits per heavy atom. The van der Waals surface area contributed by atoms with Crippen LogP contribution in [0.3, 0.4) is 0 Å². The third-order valence-corrected chi connectivity index (χ3v) is 3.90. The Hall–Kier alpha value is -3.17. The van der Waals surface area contributed by atoms with Crippen molar-refractivity contribution in [2.24, 2.45) is 0 Å². The number of aryl methyl sites for hydroxylation is 2. The largest absolute Gasteiger partial charge is 0.504 e. The summed E-state index contributed by atoms with van der Waals surface area (Å²) in [6.45, 7) is 3.60. The number of hydrogen-bond acceptors (Lipinski definition) is 6. The van der Waals surface area contributed by atoms with E-state index in [9.17, 15) is 28.1 Å². The summed E-state index contributed by atoms with van der Waals surface area (Å²) in [6.07, 6.45) is 0.612. The maximum atomic E-state index is 12.7. The van der Waals surface area contributed by atoms with Crippen molar-refractivity contribution in [1.82, 2.24) is 4.98 Å². The zero-order valence-electron chi connectivity index (χ0n) is 15.9. The number of phenolic OH excluding ortho intramolecular Hbond substituents is 2. The third-order valence-electron chi connectivity index (χ3n) is 3.90. The van der Waals surface area contributed by atoms with Gasteiger partial charge in [-0.15, -0.1) is 0 Å². The van der Waals surface area contributed by atoms with Gasteiger partial charge in [0.15, 0.2) is 5.75 Å². The number of benzene rings is 1. The van der Waals surface area contributed by atoms with E-state index in [4.69, 9.17) is 10.2 Å². The molecule has 0 bridgehead atoms. The Labute approximate surface area is 165 Å². The lowest BCUT2D eigenvalue weighted by atomic mass is 10.0. The number of nitro groups is 1. The summed E-state index contributed by atoms with van der Waals surface area (Å²) in [7, 11) is 0. The molecule has 0 aliphatic carbocycles. The van der Waals surface area contributed by atoms with Gasteiger partial charge in [0.25, 0.3) is 0 Å². The molecule has 1 heterocycles. The highest BCUT2D eigenvalue weighted by Gasteiger charge is 2.33. The smallest absolute Gasteiger partial charge is 0.416 e. The molecule has 2 aromatic rings. The number of pyridine rings is 1. The minimum absolute atomic E-state index is 0.0676. The van der Waals surface area contributed by atoms with Gasteiger partial charge in [0.2, 0.25) is 5.75 Å². The lowest BCUT2D eigenvalue weighted by molar-refractivity contribution is -0.386. The van der Waals surface area contributed by atoms with Gasteiger partial charge in [0.05, 0.1) is 10.5 Å². The first-order valence-corrected chi connectivity index (χ1v) is 8.69. The summed E-state index contributed by atoms with van der Waals surface area (Å²) < 4.78 is 38.1. The van der Waals surface area contributed by atoms with E-state index in [1.54, 1.807) is 6.92 Å². The van der Waals surface area contributed by atoms with Gasteiger partial charge in [-0.1, -0.05) is 19.8 Å². The maximum Gasteiger partial charge on any atom is 0.416 e. The van der Waals surface area contributed by atoms with Crippen LogP contribution in [0, 0.1) is 17.0 Å². The Kier molecular flexibility index (Phi) is 8.56. The van der Waals surface area contributed by atoms with E-state index in [0.717, 1.165) is 37.5 Å². The van der Waals surface area contributed by atoms with Crippen molar-refractivity contribution < 1.29 is 33.1 Å². The van der Waals surface area contributed by atoms with Crippen LogP contribution in [-0.4, -0.2) is 26.4 Å². The topological polar surface area (TPSA) is 114 Å². The molecule has 0 atom stereocenters. The Morgan fingerprint density at radius 1 is 1.21 bits per heavy atom. The Bertz CT molecular complexity index is 870. The summed E-state index contributed by atoms with van der Waals surface area (Å²) in [6, 6.07) is 2.94. The number of carbonyl (C=O) groups excluding carboxylic acids is 1. The molecule has 10 heteroatoms. The summed E-state index contributed by atoms with van der Waals surface area (Å²) in [5.74, 6) is -1.52. The monoisotopic (exact) mass is 414 g/mol. The van der Waals surface area contributed by atoms with E-state index in [0.29, 0.717) is 24.0 Å². The zero-order valence-corrected chi connectivity index (χ0v) is 15.9. The molecule has 0 fully saturated rings. The predicted molar refractivity (Wildman–Crippen MR) is 99.0 cm³/mol. The quantitative estimate of drug-likeness (QED) is 0.227. The van der Waals surface area contributed by atoms with Crippen LogP contribution >= 0.6 is 0 Å². The molecule has 0 saturated carbocycles. The van der Waals surface area contributed by atoms with Crippen molar-refractivity contribution in [3.8, 4) is 11.5 Å². The number of aromatic hydroxyl groups is 2. The lowest BCUT2D eigenvalue weighted by Crippen LogP contribution is -2.10. The number of phenols is 2. The van der Waals surface area contributed by atoms with Gasteiger partial charge in [-0.25, -0.2) is 0 Å². The second kappa shape index (κ2) is 10.4. The third kappa shape index (κ3) is 7.05. The number of aldehydes is 1. The average Bonchev–Trinajstić information content (AvgIpc) is 2.64. The number of alkyl halides is 3. The van der Waals surface area contributed by atoms with Crippen LogP contribution in [0.1, 0.15) is 53.4 Å². The van der Waals surface area contributed by atoms with Crippen LogP contribution in [0.5, 0.6) is 11.5 Å². The molecular formula is C19H21F3N2O5. The van der Waals surface area contributed by atoms with Gasteiger partial charge in [-0.3, -0.25) is 19.9 Å². The first-order chi connectivity index (χ1) is 13.5. The molecule has 0 unspecified atom stereocenters. The molecule has 0 radical (unpaired) electrons. The van der Waals surface area contributed by atoms with Crippen LogP contribution in [0.4, 0.5) is 18.9 Å². The highest BCUT2D eigenvalue weighted by atomic mass is 19.4. The Morgan fingerprint density at radius 3 is 2.38 bits per heavy atom. The van der Waals surface area contributed by atoms with E-state index < -0.39 is 33.8 Å². The number of nitrogens with zero attached hydrogens (tertiary/aromatic N) is 2. The fourth-order valence-electron chi connectivity index (χ4n) is 2.45. The number of halogens is 3. The van der Waals surface area contributed by atoms with E-state index in [2.05, 4.69) is 4.98 Å². The van der Waals surface area contributed by atoms with Crippen LogP contribution in [-0.2, 0) is 12.6 Å². The second-order valence-corrected chi connectivity index (χ2v) is 6.22. The molecule has 7 nitrogen and oxygen atoms in total. The van der Waals surface area contributed by atoms with Crippen LogP contribution in [0.15, 0.2) is 24.4 Å². The van der Waals surface area contributed by atoms with Crippen molar-refractivity contribution in [2.45, 2.75) is 45.7 Å². The normalized spacial score (nSPS) is 10.8. The summed E-state index contributed by atoms with van der Waals surface area (Å²) in [5, 5.41) is 28.2. The standard InChI is InChI=1S/C12H16F3N.C7H5NO5/c1-3-4-5-6-10-8-16-9(2)7-11(10)12(13,14)15;9-3-4-1-5(8(12)13)7(11)6(10)2-4/h7-8H,3-6H2,1-2H3;1-3,10-11H. The molecule has 29 heavy (non-hydrogen) atoms. The number of rotatable bonds is 6. The van der Waals surface area contributed by atoms with Gasteiger partial charge < -0.3 is 10.2 Å². The number of unbranched alkanes of at least 4 members (excludes halogenated alkanes) is 2. The van der Waals surface area contributed by atoms with E-state index in [1.165, 1.54) is 6.20 Å². The summed E-state index contributed by atoms with van der Waals surface area (Å²) >= 11 is 0. The van der Waals surface area contributed by atoms with Gasteiger partial charge in [-0.05, 0) is 37.5 Å². The fourth-order valence-corrected chi connectivity index (χ4v) is 2.45. The van der Waals surface area contributed by atoms with Crippen LogP contribution in [0.25, 0.3) is 0 Å². The molecule has 0 spiro atoms. The second-order valence-electron chi connectivity index (χ2n) is 6.22. The van der Waals surface area contributed by atoms with Crippen molar-refractivity contribution in [2.75, 3.05) is 0 Å². The Balaban J connectivity index is 0.000000296.